The van der Waals surface area contributed by atoms with Gasteiger partial charge in [-0.25, -0.2) is 0 Å². The van der Waals surface area contributed by atoms with Crippen molar-refractivity contribution in [1.82, 2.24) is 5.32 Å². The summed E-state index contributed by atoms with van der Waals surface area (Å²) < 4.78 is 6.96. The van der Waals surface area contributed by atoms with E-state index in [9.17, 15) is 0 Å². The molecule has 112 valence electrons. The second kappa shape index (κ2) is 7.83. The van der Waals surface area contributed by atoms with Crippen LogP contribution in [-0.2, 0) is 6.54 Å². The Kier molecular flexibility index (Phi) is 6.09. The number of hydrogen-bond donors (Lipinski definition) is 1. The highest BCUT2D eigenvalue weighted by Crippen LogP contribution is 2.30. The summed E-state index contributed by atoms with van der Waals surface area (Å²) in [6, 6.07) is 11.7. The van der Waals surface area contributed by atoms with Gasteiger partial charge in [-0.3, -0.25) is 0 Å². The average molecular weight is 369 g/mol. The summed E-state index contributed by atoms with van der Waals surface area (Å²) in [6.45, 7) is 6.04. The van der Waals surface area contributed by atoms with Gasteiger partial charge >= 0.3 is 0 Å². The molecule has 0 atom stereocenters. The highest BCUT2D eigenvalue weighted by Gasteiger charge is 2.06. The summed E-state index contributed by atoms with van der Waals surface area (Å²) in [4.78, 5) is 0. The Bertz CT molecular complexity index is 616. The zero-order chi connectivity index (χ0) is 15.2. The number of halogens is 2. The van der Waals surface area contributed by atoms with E-state index in [1.807, 2.05) is 37.3 Å². The van der Waals surface area contributed by atoms with Crippen molar-refractivity contribution in [2.45, 2.75) is 26.8 Å². The molecule has 0 saturated carbocycles. The third-order valence-electron chi connectivity index (χ3n) is 3.14. The first-order valence-electron chi connectivity index (χ1n) is 7.03. The van der Waals surface area contributed by atoms with Crippen LogP contribution in [0.25, 0.3) is 0 Å². The fourth-order valence-corrected chi connectivity index (χ4v) is 2.61. The number of rotatable bonds is 6. The van der Waals surface area contributed by atoms with Crippen LogP contribution in [0.2, 0.25) is 5.02 Å². The molecule has 21 heavy (non-hydrogen) atoms. The fourth-order valence-electron chi connectivity index (χ4n) is 1.95. The summed E-state index contributed by atoms with van der Waals surface area (Å²) in [5, 5.41) is 4.07. The number of aryl methyl sites for hydroxylation is 1. The van der Waals surface area contributed by atoms with E-state index in [4.69, 9.17) is 16.3 Å². The largest absolute Gasteiger partial charge is 0.457 e. The fraction of sp³-hybridized carbons (Fsp3) is 0.294. The van der Waals surface area contributed by atoms with Crippen LogP contribution in [0, 0.1) is 6.92 Å². The van der Waals surface area contributed by atoms with E-state index in [1.54, 1.807) is 0 Å². The maximum absolute atomic E-state index is 6.01. The first-order valence-corrected chi connectivity index (χ1v) is 8.20. The topological polar surface area (TPSA) is 21.3 Å². The molecule has 2 nitrogen and oxygen atoms in total. The molecular weight excluding hydrogens is 350 g/mol. The lowest BCUT2D eigenvalue weighted by molar-refractivity contribution is 0.478. The van der Waals surface area contributed by atoms with Crippen molar-refractivity contribution in [2.24, 2.45) is 0 Å². The Balaban J connectivity index is 2.11. The Morgan fingerprint density at radius 1 is 1.19 bits per heavy atom. The summed E-state index contributed by atoms with van der Waals surface area (Å²) in [6.07, 6.45) is 1.13. The molecule has 0 amide bonds. The van der Waals surface area contributed by atoms with Gasteiger partial charge in [0.05, 0.1) is 0 Å². The van der Waals surface area contributed by atoms with Crippen molar-refractivity contribution in [3.8, 4) is 11.5 Å². The zero-order valence-corrected chi connectivity index (χ0v) is 14.6. The maximum Gasteiger partial charge on any atom is 0.131 e. The summed E-state index contributed by atoms with van der Waals surface area (Å²) >= 11 is 9.61. The molecule has 1 N–H and O–H groups in total. The molecule has 0 saturated heterocycles. The molecule has 0 aliphatic heterocycles. The van der Waals surface area contributed by atoms with E-state index in [0.717, 1.165) is 41.0 Å². The minimum Gasteiger partial charge on any atom is -0.457 e. The molecule has 2 rings (SSSR count). The zero-order valence-electron chi connectivity index (χ0n) is 12.2. The van der Waals surface area contributed by atoms with Gasteiger partial charge in [0, 0.05) is 16.0 Å². The van der Waals surface area contributed by atoms with Crippen molar-refractivity contribution in [2.75, 3.05) is 6.54 Å². The van der Waals surface area contributed by atoms with Gasteiger partial charge in [0.25, 0.3) is 0 Å². The lowest BCUT2D eigenvalue weighted by Crippen LogP contribution is -2.14. The van der Waals surface area contributed by atoms with Crippen LogP contribution in [0.1, 0.15) is 24.5 Å². The van der Waals surface area contributed by atoms with Gasteiger partial charge < -0.3 is 10.1 Å². The van der Waals surface area contributed by atoms with Crippen LogP contribution in [0.3, 0.4) is 0 Å². The predicted molar refractivity (Wildman–Crippen MR) is 92.4 cm³/mol. The third-order valence-corrected chi connectivity index (χ3v) is 4.12. The molecule has 0 bridgehead atoms. The molecule has 0 spiro atoms. The lowest BCUT2D eigenvalue weighted by atomic mass is 10.2. The van der Waals surface area contributed by atoms with Crippen molar-refractivity contribution < 1.29 is 4.74 Å². The molecule has 0 fully saturated rings. The lowest BCUT2D eigenvalue weighted by Gasteiger charge is -2.11. The van der Waals surface area contributed by atoms with Gasteiger partial charge in [-0.15, -0.1) is 0 Å². The number of nitrogens with one attached hydrogen (secondary N) is 1. The molecule has 2 aromatic rings. The third kappa shape index (κ3) is 4.73. The van der Waals surface area contributed by atoms with E-state index in [0.29, 0.717) is 5.02 Å². The van der Waals surface area contributed by atoms with Crippen LogP contribution in [-0.4, -0.2) is 6.54 Å². The summed E-state index contributed by atoms with van der Waals surface area (Å²) in [7, 11) is 0. The van der Waals surface area contributed by atoms with Crippen LogP contribution in [0.15, 0.2) is 40.9 Å². The SMILES string of the molecule is CCCNCc1ccc(Oc2cc(Cl)ccc2C)cc1Br. The smallest absolute Gasteiger partial charge is 0.131 e. The van der Waals surface area contributed by atoms with Gasteiger partial charge in [0.1, 0.15) is 11.5 Å². The van der Waals surface area contributed by atoms with Gasteiger partial charge in [0.2, 0.25) is 0 Å². The second-order valence-electron chi connectivity index (χ2n) is 4.94. The van der Waals surface area contributed by atoms with E-state index in [2.05, 4.69) is 34.2 Å². The van der Waals surface area contributed by atoms with Crippen LogP contribution in [0.5, 0.6) is 11.5 Å². The Morgan fingerprint density at radius 3 is 2.71 bits per heavy atom. The Hall–Kier alpha value is -1.03. The van der Waals surface area contributed by atoms with E-state index >= 15 is 0 Å². The number of hydrogen-bond acceptors (Lipinski definition) is 2. The highest BCUT2D eigenvalue weighted by molar-refractivity contribution is 9.10. The van der Waals surface area contributed by atoms with Crippen molar-refractivity contribution >= 4 is 27.5 Å². The van der Waals surface area contributed by atoms with Crippen LogP contribution in [0.4, 0.5) is 0 Å². The quantitative estimate of drug-likeness (QED) is 0.660. The van der Waals surface area contributed by atoms with E-state index < -0.39 is 0 Å². The minimum atomic E-state index is 0.676. The second-order valence-corrected chi connectivity index (χ2v) is 6.23. The molecular formula is C17H19BrClNO. The molecule has 0 heterocycles. The number of ether oxygens (including phenoxy) is 1. The number of benzene rings is 2. The first kappa shape index (κ1) is 16.3. The monoisotopic (exact) mass is 367 g/mol. The first-order chi connectivity index (χ1) is 10.1. The molecule has 0 unspecified atom stereocenters. The molecule has 4 heteroatoms. The predicted octanol–water partition coefficient (Wildman–Crippen LogP) is 5.70. The van der Waals surface area contributed by atoms with Crippen LogP contribution >= 0.6 is 27.5 Å². The van der Waals surface area contributed by atoms with Gasteiger partial charge in [-0.2, -0.15) is 0 Å². The van der Waals surface area contributed by atoms with E-state index in [-0.39, 0.29) is 0 Å². The molecule has 0 aliphatic rings. The van der Waals surface area contributed by atoms with Crippen molar-refractivity contribution in [3.63, 3.8) is 0 Å². The van der Waals surface area contributed by atoms with Crippen molar-refractivity contribution in [1.29, 1.82) is 0 Å². The highest BCUT2D eigenvalue weighted by atomic mass is 79.9. The molecule has 2 aromatic carbocycles. The van der Waals surface area contributed by atoms with Gasteiger partial charge in [-0.05, 0) is 55.3 Å². The summed E-state index contributed by atoms with van der Waals surface area (Å²) in [5.41, 5.74) is 2.28. The standard InChI is InChI=1S/C17H19BrClNO/c1-3-8-20-11-13-5-7-15(10-16(13)18)21-17-9-14(19)6-4-12(17)2/h4-7,9-10,20H,3,8,11H2,1-2H3. The average Bonchev–Trinajstić information content (AvgIpc) is 2.45. The molecule has 0 aliphatic carbocycles. The molecule has 0 radical (unpaired) electrons. The summed E-state index contributed by atoms with van der Waals surface area (Å²) in [5.74, 6) is 1.58. The van der Waals surface area contributed by atoms with Gasteiger partial charge in [0.15, 0.2) is 0 Å². The van der Waals surface area contributed by atoms with Crippen molar-refractivity contribution in [3.05, 3.63) is 57.0 Å². The Labute approximate surface area is 139 Å². The molecule has 0 aromatic heterocycles. The Morgan fingerprint density at radius 2 is 2.00 bits per heavy atom. The maximum atomic E-state index is 6.01. The minimum absolute atomic E-state index is 0.676. The van der Waals surface area contributed by atoms with E-state index in [1.165, 1.54) is 5.56 Å². The normalized spacial score (nSPS) is 10.7. The van der Waals surface area contributed by atoms with Crippen LogP contribution < -0.4 is 10.1 Å². The van der Waals surface area contributed by atoms with Gasteiger partial charge in [-0.1, -0.05) is 46.6 Å².